The van der Waals surface area contributed by atoms with Gasteiger partial charge < -0.3 is 9.84 Å². The molecule has 0 saturated carbocycles. The number of carboxylic acid groups (broad SMARTS) is 1. The molecule has 0 spiro atoms. The normalized spacial score (nSPS) is 11.4. The molecule has 0 aliphatic rings. The largest absolute Gasteiger partial charge is 0.496 e. The molecule has 0 radical (unpaired) electrons. The number of ether oxygens (including phenoxy) is 1. The number of aliphatic carboxylic acids is 1. The number of methoxy groups -OCH3 is 1. The molecular weight excluding hydrogens is 218 g/mol. The van der Waals surface area contributed by atoms with Crippen LogP contribution in [0.5, 0.6) is 5.75 Å². The lowest BCUT2D eigenvalue weighted by Gasteiger charge is -2.10. The summed E-state index contributed by atoms with van der Waals surface area (Å²) in [5.41, 5.74) is 1.76. The molecule has 4 heteroatoms. The number of hydrogen-bond donors (Lipinski definition) is 1. The first kappa shape index (κ1) is 12.8. The molecule has 1 rings (SSSR count). The Bertz CT molecular complexity index is 524. The second-order valence-electron chi connectivity index (χ2n) is 3.62. The van der Waals surface area contributed by atoms with Gasteiger partial charge in [-0.15, -0.1) is 0 Å². The third-order valence-electron chi connectivity index (χ3n) is 2.46. The molecular formula is C13H13NO3. The van der Waals surface area contributed by atoms with Crippen LogP contribution in [0, 0.1) is 18.3 Å². The molecule has 0 saturated heterocycles. The average Bonchev–Trinajstić information content (AvgIpc) is 2.28. The SMILES string of the molecule is COc1cc(C)ccc1C(C)=C(C#N)C(=O)O. The van der Waals surface area contributed by atoms with E-state index in [1.54, 1.807) is 25.1 Å². The molecule has 0 atom stereocenters. The molecule has 1 aromatic rings. The molecule has 1 aromatic carbocycles. The van der Waals surface area contributed by atoms with E-state index in [-0.39, 0.29) is 5.57 Å². The fourth-order valence-corrected chi connectivity index (χ4v) is 1.53. The number of rotatable bonds is 3. The van der Waals surface area contributed by atoms with E-state index in [1.807, 2.05) is 13.0 Å². The summed E-state index contributed by atoms with van der Waals surface area (Å²) in [6, 6.07) is 7.09. The summed E-state index contributed by atoms with van der Waals surface area (Å²) in [4.78, 5) is 10.9. The van der Waals surface area contributed by atoms with E-state index < -0.39 is 5.97 Å². The predicted octanol–water partition coefficient (Wildman–Crippen LogP) is 2.39. The van der Waals surface area contributed by atoms with Crippen LogP contribution in [0.3, 0.4) is 0 Å². The van der Waals surface area contributed by atoms with Gasteiger partial charge in [-0.2, -0.15) is 5.26 Å². The van der Waals surface area contributed by atoms with Gasteiger partial charge in [-0.25, -0.2) is 4.79 Å². The Balaban J connectivity index is 3.44. The average molecular weight is 231 g/mol. The van der Waals surface area contributed by atoms with E-state index in [4.69, 9.17) is 15.1 Å². The van der Waals surface area contributed by atoms with Crippen molar-refractivity contribution in [3.05, 3.63) is 34.9 Å². The number of carboxylic acids is 1. The molecule has 0 fully saturated rings. The standard InChI is InChI=1S/C13H13NO3/c1-8-4-5-10(12(6-8)17-3)9(2)11(7-14)13(15)16/h4-6H,1-3H3,(H,15,16). The number of carbonyl (C=O) groups is 1. The summed E-state index contributed by atoms with van der Waals surface area (Å²) >= 11 is 0. The number of hydrogen-bond acceptors (Lipinski definition) is 3. The number of allylic oxidation sites excluding steroid dienone is 1. The van der Waals surface area contributed by atoms with Crippen LogP contribution in [-0.4, -0.2) is 18.2 Å². The van der Waals surface area contributed by atoms with Crippen LogP contribution in [0.4, 0.5) is 0 Å². The topological polar surface area (TPSA) is 70.3 Å². The van der Waals surface area contributed by atoms with Crippen LogP contribution < -0.4 is 4.74 Å². The third kappa shape index (κ3) is 2.64. The van der Waals surface area contributed by atoms with Gasteiger partial charge in [0.25, 0.3) is 0 Å². The van der Waals surface area contributed by atoms with Crippen molar-refractivity contribution < 1.29 is 14.6 Å². The number of benzene rings is 1. The van der Waals surface area contributed by atoms with Gasteiger partial charge in [0.05, 0.1) is 7.11 Å². The first-order valence-electron chi connectivity index (χ1n) is 5.00. The summed E-state index contributed by atoms with van der Waals surface area (Å²) < 4.78 is 5.19. The van der Waals surface area contributed by atoms with Crippen LogP contribution in [0.25, 0.3) is 5.57 Å². The fourth-order valence-electron chi connectivity index (χ4n) is 1.53. The number of nitrogens with zero attached hydrogens (tertiary/aromatic N) is 1. The van der Waals surface area contributed by atoms with Crippen molar-refractivity contribution in [2.45, 2.75) is 13.8 Å². The van der Waals surface area contributed by atoms with Gasteiger partial charge in [0.2, 0.25) is 0 Å². The Morgan fingerprint density at radius 3 is 2.59 bits per heavy atom. The minimum Gasteiger partial charge on any atom is -0.496 e. The lowest BCUT2D eigenvalue weighted by atomic mass is 10.00. The highest BCUT2D eigenvalue weighted by Crippen LogP contribution is 2.28. The van der Waals surface area contributed by atoms with Gasteiger partial charge in [0.15, 0.2) is 0 Å². The Hall–Kier alpha value is -2.28. The van der Waals surface area contributed by atoms with Gasteiger partial charge in [-0.05, 0) is 31.1 Å². The quantitative estimate of drug-likeness (QED) is 0.640. The molecule has 0 bridgehead atoms. The van der Waals surface area contributed by atoms with Crippen LogP contribution in [0.1, 0.15) is 18.1 Å². The van der Waals surface area contributed by atoms with Crippen molar-refractivity contribution in [1.82, 2.24) is 0 Å². The summed E-state index contributed by atoms with van der Waals surface area (Å²) in [6.45, 7) is 3.51. The fraction of sp³-hybridized carbons (Fsp3) is 0.231. The van der Waals surface area contributed by atoms with Crippen LogP contribution in [-0.2, 0) is 4.79 Å². The smallest absolute Gasteiger partial charge is 0.346 e. The second kappa shape index (κ2) is 5.17. The molecule has 0 amide bonds. The summed E-state index contributed by atoms with van der Waals surface area (Å²) in [5.74, 6) is -0.663. The van der Waals surface area contributed by atoms with E-state index in [2.05, 4.69) is 0 Å². The van der Waals surface area contributed by atoms with Crippen molar-refractivity contribution in [2.24, 2.45) is 0 Å². The summed E-state index contributed by atoms with van der Waals surface area (Å²) in [6.07, 6.45) is 0. The highest BCUT2D eigenvalue weighted by molar-refractivity contribution is 6.00. The van der Waals surface area contributed by atoms with E-state index in [1.165, 1.54) is 7.11 Å². The maximum Gasteiger partial charge on any atom is 0.346 e. The first-order chi connectivity index (χ1) is 8.01. The predicted molar refractivity (Wildman–Crippen MR) is 63.6 cm³/mol. The lowest BCUT2D eigenvalue weighted by Crippen LogP contribution is -2.02. The summed E-state index contributed by atoms with van der Waals surface area (Å²) in [7, 11) is 1.51. The highest BCUT2D eigenvalue weighted by Gasteiger charge is 2.15. The van der Waals surface area contributed by atoms with Crippen molar-refractivity contribution in [3.63, 3.8) is 0 Å². The molecule has 0 unspecified atom stereocenters. The minimum atomic E-state index is -1.23. The Morgan fingerprint density at radius 2 is 2.12 bits per heavy atom. The summed E-state index contributed by atoms with van der Waals surface area (Å²) in [5, 5.41) is 17.7. The highest BCUT2D eigenvalue weighted by atomic mass is 16.5. The van der Waals surface area contributed by atoms with Gasteiger partial charge >= 0.3 is 5.97 Å². The second-order valence-corrected chi connectivity index (χ2v) is 3.62. The molecule has 88 valence electrons. The van der Waals surface area contributed by atoms with E-state index in [9.17, 15) is 4.79 Å². The van der Waals surface area contributed by atoms with Crippen LogP contribution in [0.2, 0.25) is 0 Å². The van der Waals surface area contributed by atoms with Gasteiger partial charge in [0, 0.05) is 5.56 Å². The van der Waals surface area contributed by atoms with Gasteiger partial charge in [0.1, 0.15) is 17.4 Å². The van der Waals surface area contributed by atoms with E-state index in [0.717, 1.165) is 5.56 Å². The van der Waals surface area contributed by atoms with E-state index in [0.29, 0.717) is 16.9 Å². The Morgan fingerprint density at radius 1 is 1.47 bits per heavy atom. The maximum absolute atomic E-state index is 10.9. The monoisotopic (exact) mass is 231 g/mol. The molecule has 1 N–H and O–H groups in total. The zero-order valence-corrected chi connectivity index (χ0v) is 9.94. The molecule has 0 aromatic heterocycles. The van der Waals surface area contributed by atoms with Gasteiger partial charge in [-0.1, -0.05) is 12.1 Å². The third-order valence-corrected chi connectivity index (χ3v) is 2.46. The lowest BCUT2D eigenvalue weighted by molar-refractivity contribution is -0.132. The number of aryl methyl sites for hydroxylation is 1. The zero-order valence-electron chi connectivity index (χ0n) is 9.94. The maximum atomic E-state index is 10.9. The van der Waals surface area contributed by atoms with Crippen LogP contribution >= 0.6 is 0 Å². The molecule has 0 aliphatic carbocycles. The minimum absolute atomic E-state index is 0.271. The first-order valence-corrected chi connectivity index (χ1v) is 5.00. The molecule has 0 heterocycles. The zero-order chi connectivity index (χ0) is 13.0. The Kier molecular flexibility index (Phi) is 3.89. The number of nitriles is 1. The van der Waals surface area contributed by atoms with Crippen molar-refractivity contribution in [1.29, 1.82) is 5.26 Å². The van der Waals surface area contributed by atoms with Crippen molar-refractivity contribution >= 4 is 11.5 Å². The molecule has 4 nitrogen and oxygen atoms in total. The molecule has 17 heavy (non-hydrogen) atoms. The van der Waals surface area contributed by atoms with E-state index >= 15 is 0 Å². The van der Waals surface area contributed by atoms with Gasteiger partial charge in [-0.3, -0.25) is 0 Å². The Labute approximate surface area is 99.8 Å². The van der Waals surface area contributed by atoms with Crippen molar-refractivity contribution in [2.75, 3.05) is 7.11 Å². The molecule has 0 aliphatic heterocycles. The van der Waals surface area contributed by atoms with Crippen LogP contribution in [0.15, 0.2) is 23.8 Å². The van der Waals surface area contributed by atoms with Crippen molar-refractivity contribution in [3.8, 4) is 11.8 Å².